The number of likely N-dealkylation sites (N-methyl/N-ethyl adjacent to an activating group) is 1. The predicted molar refractivity (Wildman–Crippen MR) is 102 cm³/mol. The maximum atomic E-state index is 12.6. The summed E-state index contributed by atoms with van der Waals surface area (Å²) in [5.74, 6) is 0.152. The highest BCUT2D eigenvalue weighted by molar-refractivity contribution is 5.84. The highest BCUT2D eigenvalue weighted by atomic mass is 16.2. The molecular weight excluding hydrogens is 342 g/mol. The summed E-state index contributed by atoms with van der Waals surface area (Å²) < 4.78 is 1.82. The molecule has 0 aliphatic carbocycles. The Kier molecular flexibility index (Phi) is 4.83. The number of carbonyl (C=O) groups is 2. The fourth-order valence-corrected chi connectivity index (χ4v) is 4.13. The van der Waals surface area contributed by atoms with Gasteiger partial charge in [-0.05, 0) is 43.0 Å². The Labute approximate surface area is 158 Å². The molecule has 2 saturated heterocycles. The second-order valence-electron chi connectivity index (χ2n) is 7.33. The number of nitrogens with one attached hydrogen (secondary N) is 1. The highest BCUT2D eigenvalue weighted by Gasteiger charge is 2.45. The van der Waals surface area contributed by atoms with Crippen LogP contribution in [0.3, 0.4) is 0 Å². The van der Waals surface area contributed by atoms with Gasteiger partial charge in [-0.1, -0.05) is 12.1 Å². The van der Waals surface area contributed by atoms with Gasteiger partial charge >= 0.3 is 6.03 Å². The van der Waals surface area contributed by atoms with Crippen molar-refractivity contribution >= 4 is 11.9 Å². The van der Waals surface area contributed by atoms with Crippen LogP contribution in [0.25, 0.3) is 5.69 Å². The third-order valence-electron chi connectivity index (χ3n) is 5.59. The summed E-state index contributed by atoms with van der Waals surface area (Å²) in [7, 11) is 1.82. The number of hydrogen-bond donors (Lipinski definition) is 1. The molecule has 2 aliphatic rings. The molecule has 4 rings (SSSR count). The van der Waals surface area contributed by atoms with Crippen LogP contribution in [0.15, 0.2) is 42.7 Å². The van der Waals surface area contributed by atoms with Gasteiger partial charge in [-0.25, -0.2) is 9.48 Å². The molecule has 3 amide bonds. The number of likely N-dealkylation sites (tertiary alicyclic amines) is 2. The number of rotatable bonds is 4. The molecule has 0 saturated carbocycles. The molecule has 7 heteroatoms. The Morgan fingerprint density at radius 1 is 1.30 bits per heavy atom. The van der Waals surface area contributed by atoms with Gasteiger partial charge in [0.05, 0.1) is 17.6 Å². The normalized spacial score (nSPS) is 22.0. The zero-order chi connectivity index (χ0) is 18.8. The quantitative estimate of drug-likeness (QED) is 0.894. The zero-order valence-electron chi connectivity index (χ0n) is 15.5. The summed E-state index contributed by atoms with van der Waals surface area (Å²) in [6.07, 6.45) is 6.21. The summed E-state index contributed by atoms with van der Waals surface area (Å²) in [6.45, 7) is 1.95. The number of urea groups is 1. The van der Waals surface area contributed by atoms with E-state index in [-0.39, 0.29) is 23.9 Å². The minimum Gasteiger partial charge on any atom is -0.343 e. The van der Waals surface area contributed by atoms with E-state index in [1.165, 1.54) is 5.56 Å². The number of nitrogens with zero attached hydrogens (tertiary/aromatic N) is 4. The third-order valence-corrected chi connectivity index (χ3v) is 5.59. The molecule has 2 aliphatic heterocycles. The minimum atomic E-state index is -0.0547. The lowest BCUT2D eigenvalue weighted by molar-refractivity contribution is -0.130. The first kappa shape index (κ1) is 17.6. The minimum absolute atomic E-state index is 0.0182. The van der Waals surface area contributed by atoms with Crippen molar-refractivity contribution in [2.45, 2.75) is 25.3 Å². The van der Waals surface area contributed by atoms with Crippen LogP contribution in [0.2, 0.25) is 0 Å². The molecule has 3 heterocycles. The largest absolute Gasteiger partial charge is 0.343 e. The van der Waals surface area contributed by atoms with Gasteiger partial charge in [0.1, 0.15) is 0 Å². The number of aromatic nitrogens is 2. The van der Waals surface area contributed by atoms with Crippen molar-refractivity contribution in [1.29, 1.82) is 0 Å². The smallest absolute Gasteiger partial charge is 0.317 e. The van der Waals surface area contributed by atoms with Crippen molar-refractivity contribution in [3.63, 3.8) is 0 Å². The fraction of sp³-hybridized carbons (Fsp3) is 0.450. The van der Waals surface area contributed by atoms with Gasteiger partial charge in [-0.2, -0.15) is 5.10 Å². The van der Waals surface area contributed by atoms with Crippen LogP contribution in [-0.2, 0) is 11.2 Å². The van der Waals surface area contributed by atoms with E-state index in [2.05, 4.69) is 22.5 Å². The number of fused-ring (bicyclic) bond motifs is 1. The molecule has 27 heavy (non-hydrogen) atoms. The van der Waals surface area contributed by atoms with Crippen LogP contribution >= 0.6 is 0 Å². The number of carbonyl (C=O) groups excluding carboxylic acids is 2. The number of piperidine rings is 1. The van der Waals surface area contributed by atoms with E-state index in [0.29, 0.717) is 13.1 Å². The lowest BCUT2D eigenvalue weighted by Crippen LogP contribution is -2.52. The van der Waals surface area contributed by atoms with Gasteiger partial charge in [0.15, 0.2) is 0 Å². The number of amides is 3. The SMILES string of the molecule is CN1C[C@@H]2[C@@H](CCCN2C(=O)NCCc2ccc(-n3cccn3)cc2)C1=O. The average Bonchev–Trinajstić information content (AvgIpc) is 3.31. The molecule has 2 fully saturated rings. The molecule has 0 unspecified atom stereocenters. The second-order valence-corrected chi connectivity index (χ2v) is 7.33. The molecule has 7 nitrogen and oxygen atoms in total. The van der Waals surface area contributed by atoms with E-state index in [9.17, 15) is 9.59 Å². The van der Waals surface area contributed by atoms with Gasteiger partial charge in [-0.3, -0.25) is 4.79 Å². The Hall–Kier alpha value is -2.83. The molecular formula is C20H25N5O2. The monoisotopic (exact) mass is 367 g/mol. The van der Waals surface area contributed by atoms with Crippen molar-refractivity contribution in [3.8, 4) is 5.69 Å². The van der Waals surface area contributed by atoms with Gasteiger partial charge in [0.2, 0.25) is 5.91 Å². The zero-order valence-corrected chi connectivity index (χ0v) is 15.5. The van der Waals surface area contributed by atoms with E-state index in [0.717, 1.165) is 31.5 Å². The highest BCUT2D eigenvalue weighted by Crippen LogP contribution is 2.30. The fourth-order valence-electron chi connectivity index (χ4n) is 4.13. The maximum Gasteiger partial charge on any atom is 0.317 e. The first-order chi connectivity index (χ1) is 13.1. The van der Waals surface area contributed by atoms with Gasteiger partial charge < -0.3 is 15.1 Å². The van der Waals surface area contributed by atoms with Crippen LogP contribution in [0, 0.1) is 5.92 Å². The number of benzene rings is 1. The van der Waals surface area contributed by atoms with E-state index in [4.69, 9.17) is 0 Å². The van der Waals surface area contributed by atoms with Crippen LogP contribution < -0.4 is 5.32 Å². The molecule has 1 aromatic carbocycles. The second kappa shape index (κ2) is 7.42. The van der Waals surface area contributed by atoms with E-state index < -0.39 is 0 Å². The summed E-state index contributed by atoms with van der Waals surface area (Å²) in [5.41, 5.74) is 2.18. The standard InChI is InChI=1S/C20H25N5O2/c1-23-14-18-17(19(23)26)4-2-12-24(18)20(27)21-11-9-15-5-7-16(8-6-15)25-13-3-10-22-25/h3,5-8,10,13,17-18H,2,4,9,11-12,14H2,1H3,(H,21,27)/t17-,18-/m1/s1. The summed E-state index contributed by atoms with van der Waals surface area (Å²) in [5, 5.41) is 7.24. The lowest BCUT2D eigenvalue weighted by Gasteiger charge is -2.35. The Bertz CT molecular complexity index is 802. The molecule has 2 atom stereocenters. The van der Waals surface area contributed by atoms with Gasteiger partial charge in [0.25, 0.3) is 0 Å². The van der Waals surface area contributed by atoms with E-state index in [1.807, 2.05) is 41.0 Å². The molecule has 0 spiro atoms. The van der Waals surface area contributed by atoms with Crippen LogP contribution in [0.1, 0.15) is 18.4 Å². The van der Waals surface area contributed by atoms with Gasteiger partial charge in [0, 0.05) is 39.1 Å². The lowest BCUT2D eigenvalue weighted by atomic mass is 9.92. The molecule has 1 N–H and O–H groups in total. The van der Waals surface area contributed by atoms with Crippen molar-refractivity contribution in [2.24, 2.45) is 5.92 Å². The predicted octanol–water partition coefficient (Wildman–Crippen LogP) is 1.68. The van der Waals surface area contributed by atoms with Gasteiger partial charge in [-0.15, -0.1) is 0 Å². The van der Waals surface area contributed by atoms with Crippen LogP contribution in [0.4, 0.5) is 4.79 Å². The summed E-state index contributed by atoms with van der Waals surface area (Å²) in [6, 6.07) is 10.0. The topological polar surface area (TPSA) is 70.5 Å². The molecule has 142 valence electrons. The van der Waals surface area contributed by atoms with E-state index >= 15 is 0 Å². The van der Waals surface area contributed by atoms with E-state index in [1.54, 1.807) is 11.1 Å². The van der Waals surface area contributed by atoms with Crippen LogP contribution in [-0.4, -0.2) is 64.2 Å². The average molecular weight is 367 g/mol. The first-order valence-corrected chi connectivity index (χ1v) is 9.52. The molecule has 0 bridgehead atoms. The van der Waals surface area contributed by atoms with Crippen molar-refractivity contribution in [1.82, 2.24) is 24.9 Å². The first-order valence-electron chi connectivity index (χ1n) is 9.52. The molecule has 2 aromatic rings. The maximum absolute atomic E-state index is 12.6. The number of hydrogen-bond acceptors (Lipinski definition) is 3. The Morgan fingerprint density at radius 2 is 2.11 bits per heavy atom. The Balaban J connectivity index is 1.30. The summed E-state index contributed by atoms with van der Waals surface area (Å²) in [4.78, 5) is 28.4. The van der Waals surface area contributed by atoms with Crippen LogP contribution in [0.5, 0.6) is 0 Å². The molecule has 1 aromatic heterocycles. The van der Waals surface area contributed by atoms with Crippen molar-refractivity contribution in [3.05, 3.63) is 48.3 Å². The third kappa shape index (κ3) is 3.54. The van der Waals surface area contributed by atoms with Crippen molar-refractivity contribution in [2.75, 3.05) is 26.7 Å². The summed E-state index contributed by atoms with van der Waals surface area (Å²) >= 11 is 0. The Morgan fingerprint density at radius 3 is 2.85 bits per heavy atom. The van der Waals surface area contributed by atoms with Crippen molar-refractivity contribution < 1.29 is 9.59 Å². The molecule has 0 radical (unpaired) electrons.